The lowest BCUT2D eigenvalue weighted by Gasteiger charge is -2.41. The molecule has 1 rings (SSSR count). The van der Waals surface area contributed by atoms with Crippen molar-refractivity contribution in [2.45, 2.75) is 44.6 Å². The molecule has 1 aliphatic rings. The van der Waals surface area contributed by atoms with Gasteiger partial charge in [-0.15, -0.1) is 0 Å². The van der Waals surface area contributed by atoms with E-state index in [1.165, 1.54) is 4.31 Å². The van der Waals surface area contributed by atoms with Crippen molar-refractivity contribution in [1.82, 2.24) is 4.31 Å². The molecule has 2 N–H and O–H groups in total. The molecular formula is C10H22N2O3S. The molecule has 0 radical (unpaired) electrons. The van der Waals surface area contributed by atoms with Crippen LogP contribution in [0.1, 0.15) is 27.7 Å². The second kappa shape index (κ2) is 4.60. The van der Waals surface area contributed by atoms with Crippen molar-refractivity contribution in [3.8, 4) is 0 Å². The Morgan fingerprint density at radius 3 is 2.56 bits per heavy atom. The van der Waals surface area contributed by atoms with E-state index in [0.29, 0.717) is 13.1 Å². The Balaban J connectivity index is 2.88. The molecule has 2 unspecified atom stereocenters. The Labute approximate surface area is 98.0 Å². The summed E-state index contributed by atoms with van der Waals surface area (Å²) < 4.78 is 31.5. The van der Waals surface area contributed by atoms with Crippen molar-refractivity contribution in [2.75, 3.05) is 19.6 Å². The summed E-state index contributed by atoms with van der Waals surface area (Å²) in [5.74, 6) is 0. The van der Waals surface area contributed by atoms with E-state index in [0.717, 1.165) is 0 Å². The van der Waals surface area contributed by atoms with Gasteiger partial charge in [-0.25, -0.2) is 8.42 Å². The van der Waals surface area contributed by atoms with Gasteiger partial charge < -0.3 is 10.5 Å². The first kappa shape index (κ1) is 13.9. The van der Waals surface area contributed by atoms with E-state index >= 15 is 0 Å². The number of rotatable bonds is 3. The minimum Gasteiger partial charge on any atom is -0.370 e. The minimum atomic E-state index is -3.29. The number of hydrogen-bond acceptors (Lipinski definition) is 4. The monoisotopic (exact) mass is 250 g/mol. The highest BCUT2D eigenvalue weighted by atomic mass is 32.2. The van der Waals surface area contributed by atoms with Crippen LogP contribution in [0.5, 0.6) is 0 Å². The summed E-state index contributed by atoms with van der Waals surface area (Å²) >= 11 is 0. The van der Waals surface area contributed by atoms with E-state index < -0.39 is 20.9 Å². The van der Waals surface area contributed by atoms with Gasteiger partial charge in [0.15, 0.2) is 0 Å². The van der Waals surface area contributed by atoms with Gasteiger partial charge in [0.1, 0.15) is 0 Å². The summed E-state index contributed by atoms with van der Waals surface area (Å²) in [6.07, 6.45) is -0.0801. The van der Waals surface area contributed by atoms with Crippen LogP contribution < -0.4 is 5.73 Å². The largest absolute Gasteiger partial charge is 0.370 e. The molecule has 0 saturated carbocycles. The number of sulfonamides is 1. The third kappa shape index (κ3) is 2.94. The summed E-state index contributed by atoms with van der Waals surface area (Å²) in [5.41, 5.74) is 5.00. The van der Waals surface area contributed by atoms with Crippen LogP contribution in [0.4, 0.5) is 0 Å². The highest BCUT2D eigenvalue weighted by molar-refractivity contribution is 7.89. The third-order valence-electron chi connectivity index (χ3n) is 2.74. The number of ether oxygens (including phenoxy) is 1. The van der Waals surface area contributed by atoms with Gasteiger partial charge in [-0.1, -0.05) is 0 Å². The minimum absolute atomic E-state index is 0.0801. The van der Waals surface area contributed by atoms with Crippen LogP contribution in [-0.2, 0) is 14.8 Å². The third-order valence-corrected chi connectivity index (χ3v) is 4.95. The lowest BCUT2D eigenvalue weighted by atomic mass is 10.1. The van der Waals surface area contributed by atoms with E-state index in [-0.39, 0.29) is 12.6 Å². The Hall–Kier alpha value is -0.170. The highest BCUT2D eigenvalue weighted by Crippen LogP contribution is 2.24. The number of nitrogens with zero attached hydrogens (tertiary/aromatic N) is 1. The molecule has 1 aliphatic heterocycles. The van der Waals surface area contributed by atoms with Crippen molar-refractivity contribution in [2.24, 2.45) is 5.73 Å². The molecule has 16 heavy (non-hydrogen) atoms. The average molecular weight is 250 g/mol. The predicted octanol–water partition coefficient (Wildman–Crippen LogP) is 0.163. The Kier molecular flexibility index (Phi) is 3.99. The van der Waals surface area contributed by atoms with Crippen LogP contribution in [0.25, 0.3) is 0 Å². The summed E-state index contributed by atoms with van der Waals surface area (Å²) in [4.78, 5) is 0. The van der Waals surface area contributed by atoms with E-state index in [1.807, 2.05) is 20.8 Å². The molecule has 5 nitrogen and oxygen atoms in total. The predicted molar refractivity (Wildman–Crippen MR) is 63.6 cm³/mol. The maximum Gasteiger partial charge on any atom is 0.218 e. The van der Waals surface area contributed by atoms with Gasteiger partial charge in [0, 0.05) is 19.6 Å². The fourth-order valence-corrected chi connectivity index (χ4v) is 3.63. The first-order valence-electron chi connectivity index (χ1n) is 5.56. The SMILES string of the molecule is CC1CN(S(=O)(=O)C(C)CN)CC(C)(C)O1. The zero-order valence-corrected chi connectivity index (χ0v) is 11.3. The topological polar surface area (TPSA) is 72.6 Å². The van der Waals surface area contributed by atoms with Crippen LogP contribution in [0.15, 0.2) is 0 Å². The summed E-state index contributed by atoms with van der Waals surface area (Å²) in [6.45, 7) is 8.28. The highest BCUT2D eigenvalue weighted by Gasteiger charge is 2.38. The van der Waals surface area contributed by atoms with Crippen LogP contribution in [-0.4, -0.2) is 49.3 Å². The van der Waals surface area contributed by atoms with Crippen LogP contribution in [0, 0.1) is 0 Å². The van der Waals surface area contributed by atoms with Gasteiger partial charge in [-0.2, -0.15) is 4.31 Å². The average Bonchev–Trinajstić information content (AvgIpc) is 2.13. The normalized spacial score (nSPS) is 28.9. The molecule has 0 aromatic rings. The zero-order chi connectivity index (χ0) is 12.6. The summed E-state index contributed by atoms with van der Waals surface area (Å²) in [6, 6.07) is 0. The Morgan fingerprint density at radius 2 is 2.12 bits per heavy atom. The zero-order valence-electron chi connectivity index (χ0n) is 10.4. The molecule has 0 aromatic heterocycles. The summed E-state index contributed by atoms with van der Waals surface area (Å²) in [7, 11) is -3.29. The summed E-state index contributed by atoms with van der Waals surface area (Å²) in [5, 5.41) is -0.534. The van der Waals surface area contributed by atoms with Crippen LogP contribution in [0.2, 0.25) is 0 Å². The van der Waals surface area contributed by atoms with Crippen molar-refractivity contribution >= 4 is 10.0 Å². The lowest BCUT2D eigenvalue weighted by molar-refractivity contribution is -0.109. The van der Waals surface area contributed by atoms with Crippen molar-refractivity contribution in [1.29, 1.82) is 0 Å². The first-order chi connectivity index (χ1) is 7.19. The Bertz CT molecular complexity index is 340. The van der Waals surface area contributed by atoms with Gasteiger partial charge in [0.05, 0.1) is 17.0 Å². The fourth-order valence-electron chi connectivity index (χ4n) is 1.97. The van der Waals surface area contributed by atoms with Crippen LogP contribution >= 0.6 is 0 Å². The molecule has 0 amide bonds. The van der Waals surface area contributed by atoms with E-state index in [9.17, 15) is 8.42 Å². The maximum atomic E-state index is 12.1. The molecule has 6 heteroatoms. The molecule has 1 fully saturated rings. The van der Waals surface area contributed by atoms with Crippen molar-refractivity contribution in [3.63, 3.8) is 0 Å². The van der Waals surface area contributed by atoms with Gasteiger partial charge in [0.2, 0.25) is 10.0 Å². The van der Waals surface area contributed by atoms with Gasteiger partial charge in [-0.3, -0.25) is 0 Å². The van der Waals surface area contributed by atoms with E-state index in [1.54, 1.807) is 6.92 Å². The van der Waals surface area contributed by atoms with Gasteiger partial charge >= 0.3 is 0 Å². The molecule has 0 bridgehead atoms. The lowest BCUT2D eigenvalue weighted by Crippen LogP contribution is -2.55. The molecule has 0 spiro atoms. The Morgan fingerprint density at radius 1 is 1.56 bits per heavy atom. The molecule has 0 aliphatic carbocycles. The smallest absolute Gasteiger partial charge is 0.218 e. The molecule has 1 heterocycles. The fraction of sp³-hybridized carbons (Fsp3) is 1.00. The quantitative estimate of drug-likeness (QED) is 0.774. The van der Waals surface area contributed by atoms with Crippen molar-refractivity contribution < 1.29 is 13.2 Å². The van der Waals surface area contributed by atoms with Crippen LogP contribution in [0.3, 0.4) is 0 Å². The molecule has 96 valence electrons. The number of nitrogens with two attached hydrogens (primary N) is 1. The molecule has 2 atom stereocenters. The second-order valence-corrected chi connectivity index (χ2v) is 7.42. The second-order valence-electron chi connectivity index (χ2n) is 5.07. The number of morpholine rings is 1. The van der Waals surface area contributed by atoms with Gasteiger partial charge in [0.25, 0.3) is 0 Å². The van der Waals surface area contributed by atoms with Gasteiger partial charge in [-0.05, 0) is 27.7 Å². The van der Waals surface area contributed by atoms with E-state index in [2.05, 4.69) is 0 Å². The molecular weight excluding hydrogens is 228 g/mol. The van der Waals surface area contributed by atoms with E-state index in [4.69, 9.17) is 10.5 Å². The molecule has 0 aromatic carbocycles. The van der Waals surface area contributed by atoms with Crippen molar-refractivity contribution in [3.05, 3.63) is 0 Å². The first-order valence-corrected chi connectivity index (χ1v) is 7.06. The standard InChI is InChI=1S/C10H22N2O3S/c1-8-6-12(7-10(3,4)15-8)16(13,14)9(2)5-11/h8-9H,5-7,11H2,1-4H3. The molecule has 1 saturated heterocycles. The number of hydrogen-bond donors (Lipinski definition) is 1. The maximum absolute atomic E-state index is 12.1.